The van der Waals surface area contributed by atoms with Gasteiger partial charge >= 0.3 is 0 Å². The Labute approximate surface area is 106 Å². The fourth-order valence-corrected chi connectivity index (χ4v) is 3.57. The van der Waals surface area contributed by atoms with Gasteiger partial charge < -0.3 is 10.5 Å². The Morgan fingerprint density at radius 3 is 2.65 bits per heavy atom. The molecule has 1 saturated carbocycles. The molecule has 2 rings (SSSR count). The van der Waals surface area contributed by atoms with E-state index in [0.29, 0.717) is 18.2 Å². The second-order valence-electron chi connectivity index (χ2n) is 5.75. The fraction of sp³-hybridized carbons (Fsp3) is 1.00. The average molecular weight is 240 g/mol. The first-order valence-corrected chi connectivity index (χ1v) is 7.33. The van der Waals surface area contributed by atoms with Crippen molar-refractivity contribution >= 4 is 0 Å². The molecule has 0 radical (unpaired) electrons. The predicted octanol–water partition coefficient (Wildman–Crippen LogP) is 2.00. The zero-order valence-corrected chi connectivity index (χ0v) is 11.4. The molecule has 3 heteroatoms. The highest BCUT2D eigenvalue weighted by Gasteiger charge is 2.35. The van der Waals surface area contributed by atoms with Crippen molar-refractivity contribution in [2.24, 2.45) is 11.7 Å². The molecule has 0 bridgehead atoms. The van der Waals surface area contributed by atoms with Gasteiger partial charge in [-0.2, -0.15) is 0 Å². The number of hydrogen-bond donors (Lipinski definition) is 1. The summed E-state index contributed by atoms with van der Waals surface area (Å²) in [4.78, 5) is 2.66. The van der Waals surface area contributed by atoms with E-state index in [9.17, 15) is 0 Å². The van der Waals surface area contributed by atoms with Crippen LogP contribution in [0.1, 0.15) is 46.0 Å². The van der Waals surface area contributed by atoms with Crippen LogP contribution in [0.25, 0.3) is 0 Å². The maximum atomic E-state index is 6.06. The molecule has 1 heterocycles. The third kappa shape index (κ3) is 3.01. The fourth-order valence-electron chi connectivity index (χ4n) is 3.57. The second kappa shape index (κ2) is 6.17. The molecule has 0 spiro atoms. The van der Waals surface area contributed by atoms with Gasteiger partial charge in [-0.3, -0.25) is 4.90 Å². The van der Waals surface area contributed by atoms with Gasteiger partial charge in [0.25, 0.3) is 0 Å². The molecule has 0 aromatic heterocycles. The average Bonchev–Trinajstić information content (AvgIpc) is 2.84. The Kier molecular flexibility index (Phi) is 4.83. The van der Waals surface area contributed by atoms with Gasteiger partial charge in [-0.05, 0) is 32.1 Å². The van der Waals surface area contributed by atoms with Crippen molar-refractivity contribution in [1.29, 1.82) is 0 Å². The predicted molar refractivity (Wildman–Crippen MR) is 71.0 cm³/mol. The summed E-state index contributed by atoms with van der Waals surface area (Å²) in [7, 11) is 0. The summed E-state index contributed by atoms with van der Waals surface area (Å²) in [5.41, 5.74) is 6.06. The second-order valence-corrected chi connectivity index (χ2v) is 5.75. The molecule has 0 amide bonds. The molecule has 1 saturated heterocycles. The van der Waals surface area contributed by atoms with Gasteiger partial charge in [0, 0.05) is 25.2 Å². The molecule has 3 atom stereocenters. The molecular formula is C14H28N2O. The monoisotopic (exact) mass is 240 g/mol. The number of ether oxygens (including phenoxy) is 1. The minimum atomic E-state index is 0.369. The minimum Gasteiger partial charge on any atom is -0.376 e. The normalized spacial score (nSPS) is 34.1. The maximum Gasteiger partial charge on any atom is 0.0674 e. The van der Waals surface area contributed by atoms with Crippen LogP contribution in [0.2, 0.25) is 0 Å². The van der Waals surface area contributed by atoms with Crippen LogP contribution in [0.5, 0.6) is 0 Å². The van der Waals surface area contributed by atoms with Crippen molar-refractivity contribution in [3.05, 3.63) is 0 Å². The molecule has 2 N–H and O–H groups in total. The van der Waals surface area contributed by atoms with Crippen LogP contribution in [0.15, 0.2) is 0 Å². The lowest BCUT2D eigenvalue weighted by molar-refractivity contribution is -0.0794. The summed E-state index contributed by atoms with van der Waals surface area (Å²) in [6.45, 7) is 7.21. The van der Waals surface area contributed by atoms with Crippen LogP contribution >= 0.6 is 0 Å². The van der Waals surface area contributed by atoms with E-state index in [4.69, 9.17) is 10.5 Å². The van der Waals surface area contributed by atoms with E-state index in [1.54, 1.807) is 0 Å². The van der Waals surface area contributed by atoms with Gasteiger partial charge in [-0.25, -0.2) is 0 Å². The highest BCUT2D eigenvalue weighted by Crippen LogP contribution is 2.32. The maximum absolute atomic E-state index is 6.06. The van der Waals surface area contributed by atoms with Crippen molar-refractivity contribution in [3.63, 3.8) is 0 Å². The molecule has 0 aromatic carbocycles. The number of nitrogens with zero attached hydrogens (tertiary/aromatic N) is 1. The van der Waals surface area contributed by atoms with Gasteiger partial charge in [-0.15, -0.1) is 0 Å². The zero-order valence-electron chi connectivity index (χ0n) is 11.4. The molecule has 100 valence electrons. The van der Waals surface area contributed by atoms with Crippen LogP contribution in [0, 0.1) is 5.92 Å². The first-order valence-electron chi connectivity index (χ1n) is 7.33. The Bertz CT molecular complexity index is 228. The Hall–Kier alpha value is -0.120. The van der Waals surface area contributed by atoms with Gasteiger partial charge in [0.05, 0.1) is 12.7 Å². The van der Waals surface area contributed by atoms with Crippen molar-refractivity contribution in [3.8, 4) is 0 Å². The third-order valence-corrected chi connectivity index (χ3v) is 4.59. The minimum absolute atomic E-state index is 0.369. The van der Waals surface area contributed by atoms with E-state index in [1.165, 1.54) is 32.1 Å². The van der Waals surface area contributed by atoms with E-state index >= 15 is 0 Å². The highest BCUT2D eigenvalue weighted by molar-refractivity contribution is 4.89. The summed E-state index contributed by atoms with van der Waals surface area (Å²) in [5.74, 6) is 0.833. The van der Waals surface area contributed by atoms with E-state index < -0.39 is 0 Å². The lowest BCUT2D eigenvalue weighted by Gasteiger charge is -2.45. The van der Waals surface area contributed by atoms with Gasteiger partial charge in [-0.1, -0.05) is 19.8 Å². The van der Waals surface area contributed by atoms with Crippen molar-refractivity contribution in [2.75, 3.05) is 19.7 Å². The number of nitrogens with two attached hydrogens (primary N) is 1. The Morgan fingerprint density at radius 1 is 1.35 bits per heavy atom. The van der Waals surface area contributed by atoms with Crippen molar-refractivity contribution in [1.82, 2.24) is 4.90 Å². The van der Waals surface area contributed by atoms with E-state index in [0.717, 1.165) is 25.6 Å². The zero-order chi connectivity index (χ0) is 12.3. The molecule has 2 fully saturated rings. The van der Waals surface area contributed by atoms with Crippen LogP contribution < -0.4 is 5.73 Å². The summed E-state index contributed by atoms with van der Waals surface area (Å²) >= 11 is 0. The topological polar surface area (TPSA) is 38.5 Å². The molecule has 1 aliphatic carbocycles. The molecule has 0 aromatic rings. The van der Waals surface area contributed by atoms with Crippen LogP contribution in [0.4, 0.5) is 0 Å². The van der Waals surface area contributed by atoms with Gasteiger partial charge in [0.1, 0.15) is 0 Å². The van der Waals surface area contributed by atoms with Crippen LogP contribution in [-0.2, 0) is 4.74 Å². The lowest BCUT2D eigenvalue weighted by atomic mass is 9.93. The van der Waals surface area contributed by atoms with E-state index in [2.05, 4.69) is 18.7 Å². The standard InChI is InChI=1S/C14H28N2O/c1-3-13-10-17-11(2)9-16(13)14(8-15)12-6-4-5-7-12/h11-14H,3-10,15H2,1-2H3. The Morgan fingerprint density at radius 2 is 2.06 bits per heavy atom. The summed E-state index contributed by atoms with van der Waals surface area (Å²) in [5, 5.41) is 0. The van der Waals surface area contributed by atoms with Crippen LogP contribution in [0.3, 0.4) is 0 Å². The summed E-state index contributed by atoms with van der Waals surface area (Å²) in [6.07, 6.45) is 7.10. The number of morpholine rings is 1. The number of hydrogen-bond acceptors (Lipinski definition) is 3. The molecular weight excluding hydrogens is 212 g/mol. The first-order chi connectivity index (χ1) is 8.26. The summed E-state index contributed by atoms with van der Waals surface area (Å²) in [6, 6.07) is 1.18. The van der Waals surface area contributed by atoms with Gasteiger partial charge in [0.15, 0.2) is 0 Å². The summed E-state index contributed by atoms with van der Waals surface area (Å²) < 4.78 is 5.79. The molecule has 1 aliphatic heterocycles. The molecule has 2 aliphatic rings. The van der Waals surface area contributed by atoms with Crippen molar-refractivity contribution < 1.29 is 4.74 Å². The molecule has 3 unspecified atom stereocenters. The first kappa shape index (κ1) is 13.3. The largest absolute Gasteiger partial charge is 0.376 e. The SMILES string of the molecule is CCC1COC(C)CN1C(CN)C1CCCC1. The molecule has 3 nitrogen and oxygen atoms in total. The highest BCUT2D eigenvalue weighted by atomic mass is 16.5. The molecule has 17 heavy (non-hydrogen) atoms. The van der Waals surface area contributed by atoms with E-state index in [1.807, 2.05) is 0 Å². The third-order valence-electron chi connectivity index (χ3n) is 4.59. The smallest absolute Gasteiger partial charge is 0.0674 e. The lowest BCUT2D eigenvalue weighted by Crippen LogP contribution is -2.57. The quantitative estimate of drug-likeness (QED) is 0.817. The van der Waals surface area contributed by atoms with E-state index in [-0.39, 0.29) is 0 Å². The van der Waals surface area contributed by atoms with Crippen LogP contribution in [-0.4, -0.2) is 42.8 Å². The number of rotatable bonds is 4. The Balaban J connectivity index is 2.03. The van der Waals surface area contributed by atoms with Crippen molar-refractivity contribution in [2.45, 2.75) is 64.1 Å². The van der Waals surface area contributed by atoms with Gasteiger partial charge in [0.2, 0.25) is 0 Å².